The SMILES string of the molecule is COc1ccc(CN2CCCC[C@H]2CCN2CCN(C)CC2)c(F)c1. The van der Waals surface area contributed by atoms with Crippen LogP contribution >= 0.6 is 0 Å². The van der Waals surface area contributed by atoms with E-state index >= 15 is 0 Å². The van der Waals surface area contributed by atoms with E-state index in [1.54, 1.807) is 7.11 Å². The van der Waals surface area contributed by atoms with Crippen molar-refractivity contribution in [2.45, 2.75) is 38.3 Å². The van der Waals surface area contributed by atoms with E-state index in [1.807, 2.05) is 12.1 Å². The van der Waals surface area contributed by atoms with Crippen molar-refractivity contribution in [2.24, 2.45) is 0 Å². The second-order valence-electron chi connectivity index (χ2n) is 7.51. The zero-order valence-electron chi connectivity index (χ0n) is 15.7. The largest absolute Gasteiger partial charge is 0.497 e. The zero-order valence-corrected chi connectivity index (χ0v) is 15.7. The first kappa shape index (κ1) is 18.6. The first-order valence-electron chi connectivity index (χ1n) is 9.63. The lowest BCUT2D eigenvalue weighted by Gasteiger charge is -2.38. The van der Waals surface area contributed by atoms with E-state index < -0.39 is 0 Å². The molecule has 140 valence electrons. The summed E-state index contributed by atoms with van der Waals surface area (Å²) in [6, 6.07) is 5.82. The molecule has 25 heavy (non-hydrogen) atoms. The molecular formula is C20H32FN3O. The summed E-state index contributed by atoms with van der Waals surface area (Å²) in [5.41, 5.74) is 0.785. The van der Waals surface area contributed by atoms with Gasteiger partial charge in [-0.3, -0.25) is 4.90 Å². The first-order valence-corrected chi connectivity index (χ1v) is 9.63. The minimum Gasteiger partial charge on any atom is -0.497 e. The van der Waals surface area contributed by atoms with Gasteiger partial charge in [0.15, 0.2) is 0 Å². The molecular weight excluding hydrogens is 317 g/mol. The monoisotopic (exact) mass is 349 g/mol. The molecule has 0 radical (unpaired) electrons. The number of piperazine rings is 1. The molecule has 3 rings (SSSR count). The molecule has 2 heterocycles. The lowest BCUT2D eigenvalue weighted by atomic mass is 9.98. The van der Waals surface area contributed by atoms with Crippen molar-refractivity contribution < 1.29 is 9.13 Å². The van der Waals surface area contributed by atoms with Crippen molar-refractivity contribution in [3.05, 3.63) is 29.6 Å². The number of halogens is 1. The maximum atomic E-state index is 14.3. The van der Waals surface area contributed by atoms with Crippen LogP contribution in [-0.4, -0.2) is 74.2 Å². The number of likely N-dealkylation sites (tertiary alicyclic amines) is 1. The number of nitrogens with zero attached hydrogens (tertiary/aromatic N) is 3. The highest BCUT2D eigenvalue weighted by molar-refractivity contribution is 5.28. The molecule has 0 bridgehead atoms. The summed E-state index contributed by atoms with van der Waals surface area (Å²) >= 11 is 0. The van der Waals surface area contributed by atoms with Gasteiger partial charge in [0.2, 0.25) is 0 Å². The van der Waals surface area contributed by atoms with Crippen molar-refractivity contribution in [3.8, 4) is 5.75 Å². The quantitative estimate of drug-likeness (QED) is 0.786. The van der Waals surface area contributed by atoms with Crippen LogP contribution < -0.4 is 4.74 Å². The van der Waals surface area contributed by atoms with Crippen LogP contribution in [0.2, 0.25) is 0 Å². The molecule has 2 aliphatic heterocycles. The molecule has 1 atom stereocenters. The third-order valence-electron chi connectivity index (χ3n) is 5.76. The number of likely N-dealkylation sites (N-methyl/N-ethyl adjacent to an activating group) is 1. The van der Waals surface area contributed by atoms with E-state index in [0.29, 0.717) is 18.3 Å². The van der Waals surface area contributed by atoms with E-state index in [-0.39, 0.29) is 5.82 Å². The van der Waals surface area contributed by atoms with Gasteiger partial charge in [-0.15, -0.1) is 0 Å². The highest BCUT2D eigenvalue weighted by Crippen LogP contribution is 2.24. The molecule has 0 saturated carbocycles. The maximum Gasteiger partial charge on any atom is 0.131 e. The fraction of sp³-hybridized carbons (Fsp3) is 0.700. The molecule has 0 unspecified atom stereocenters. The van der Waals surface area contributed by atoms with Crippen molar-refractivity contribution in [2.75, 3.05) is 53.4 Å². The fourth-order valence-electron chi connectivity index (χ4n) is 4.00. The molecule has 2 fully saturated rings. The molecule has 4 nitrogen and oxygen atoms in total. The highest BCUT2D eigenvalue weighted by atomic mass is 19.1. The Balaban J connectivity index is 1.55. The Morgan fingerprint density at radius 2 is 1.92 bits per heavy atom. The van der Waals surface area contributed by atoms with Gasteiger partial charge in [-0.25, -0.2) is 4.39 Å². The number of hydrogen-bond donors (Lipinski definition) is 0. The Bertz CT molecular complexity index is 546. The van der Waals surface area contributed by atoms with Gasteiger partial charge in [0.1, 0.15) is 11.6 Å². The summed E-state index contributed by atoms with van der Waals surface area (Å²) in [5.74, 6) is 0.439. The van der Waals surface area contributed by atoms with Crippen molar-refractivity contribution >= 4 is 0 Å². The number of ether oxygens (including phenoxy) is 1. The van der Waals surface area contributed by atoms with Gasteiger partial charge in [0, 0.05) is 50.4 Å². The molecule has 0 amide bonds. The summed E-state index contributed by atoms with van der Waals surface area (Å²) in [6.45, 7) is 7.66. The molecule has 1 aromatic carbocycles. The molecule has 0 spiro atoms. The van der Waals surface area contributed by atoms with E-state index in [4.69, 9.17) is 4.74 Å². The van der Waals surface area contributed by atoms with Gasteiger partial charge in [0.25, 0.3) is 0 Å². The summed E-state index contributed by atoms with van der Waals surface area (Å²) in [7, 11) is 3.77. The van der Waals surface area contributed by atoms with E-state index in [0.717, 1.165) is 12.1 Å². The molecule has 0 aliphatic carbocycles. The number of hydrogen-bond acceptors (Lipinski definition) is 4. The third kappa shape index (κ3) is 5.16. The second-order valence-corrected chi connectivity index (χ2v) is 7.51. The number of benzene rings is 1. The predicted octanol–water partition coefficient (Wildman–Crippen LogP) is 2.83. The van der Waals surface area contributed by atoms with Crippen molar-refractivity contribution in [3.63, 3.8) is 0 Å². The topological polar surface area (TPSA) is 19.0 Å². The van der Waals surface area contributed by atoms with E-state index in [9.17, 15) is 4.39 Å². The van der Waals surface area contributed by atoms with Crippen LogP contribution in [0.15, 0.2) is 18.2 Å². The number of rotatable bonds is 6. The van der Waals surface area contributed by atoms with Gasteiger partial charge in [0.05, 0.1) is 7.11 Å². The molecule has 2 saturated heterocycles. The summed E-state index contributed by atoms with van der Waals surface area (Å²) in [4.78, 5) is 7.47. The number of methoxy groups -OCH3 is 1. The van der Waals surface area contributed by atoms with Crippen LogP contribution in [0.3, 0.4) is 0 Å². The first-order chi connectivity index (χ1) is 12.2. The van der Waals surface area contributed by atoms with Crippen molar-refractivity contribution in [1.29, 1.82) is 0 Å². The van der Waals surface area contributed by atoms with Crippen LogP contribution in [0.5, 0.6) is 5.75 Å². The Morgan fingerprint density at radius 1 is 1.12 bits per heavy atom. The lowest BCUT2D eigenvalue weighted by molar-refractivity contribution is 0.101. The van der Waals surface area contributed by atoms with E-state index in [2.05, 4.69) is 21.7 Å². The molecule has 0 N–H and O–H groups in total. The summed E-state index contributed by atoms with van der Waals surface area (Å²) < 4.78 is 19.4. The van der Waals surface area contributed by atoms with Gasteiger partial charge in [-0.2, -0.15) is 0 Å². The van der Waals surface area contributed by atoms with Crippen molar-refractivity contribution in [1.82, 2.24) is 14.7 Å². The van der Waals surface area contributed by atoms with Crippen LogP contribution in [-0.2, 0) is 6.54 Å². The average Bonchev–Trinajstić information content (AvgIpc) is 2.64. The van der Waals surface area contributed by atoms with Crippen LogP contribution in [0.4, 0.5) is 4.39 Å². The molecule has 2 aliphatic rings. The molecule has 1 aromatic rings. The number of piperidine rings is 1. The van der Waals surface area contributed by atoms with Gasteiger partial charge < -0.3 is 14.5 Å². The maximum absolute atomic E-state index is 14.3. The minimum absolute atomic E-state index is 0.150. The Morgan fingerprint density at radius 3 is 2.64 bits per heavy atom. The molecule has 5 heteroatoms. The van der Waals surface area contributed by atoms with E-state index in [1.165, 1.54) is 64.5 Å². The zero-order chi connectivity index (χ0) is 17.6. The van der Waals surface area contributed by atoms with Gasteiger partial charge >= 0.3 is 0 Å². The highest BCUT2D eigenvalue weighted by Gasteiger charge is 2.24. The lowest BCUT2D eigenvalue weighted by Crippen LogP contribution is -2.47. The fourth-order valence-corrected chi connectivity index (χ4v) is 4.00. The smallest absolute Gasteiger partial charge is 0.131 e. The Kier molecular flexibility index (Phi) is 6.68. The average molecular weight is 349 g/mol. The van der Waals surface area contributed by atoms with Gasteiger partial charge in [-0.1, -0.05) is 12.5 Å². The van der Waals surface area contributed by atoms with Crippen LogP contribution in [0, 0.1) is 5.82 Å². The third-order valence-corrected chi connectivity index (χ3v) is 5.76. The Labute approximate surface area is 151 Å². The minimum atomic E-state index is -0.150. The summed E-state index contributed by atoms with van der Waals surface area (Å²) in [6.07, 6.45) is 4.96. The summed E-state index contributed by atoms with van der Waals surface area (Å²) in [5, 5.41) is 0. The second kappa shape index (κ2) is 8.97. The normalized spacial score (nSPS) is 23.7. The Hall–Kier alpha value is -1.17. The van der Waals surface area contributed by atoms with Crippen LogP contribution in [0.25, 0.3) is 0 Å². The predicted molar refractivity (Wildman–Crippen MR) is 99.6 cm³/mol. The van der Waals surface area contributed by atoms with Crippen LogP contribution in [0.1, 0.15) is 31.2 Å². The van der Waals surface area contributed by atoms with Gasteiger partial charge in [-0.05, 0) is 45.5 Å². The standard InChI is InChI=1S/C20H32FN3O/c1-22-11-13-23(14-12-22)10-8-18-5-3-4-9-24(18)16-17-6-7-19(25-2)15-20(17)21/h6-7,15,18H,3-5,8-14,16H2,1-2H3/t18-/m0/s1. The molecule has 0 aromatic heterocycles.